The summed E-state index contributed by atoms with van der Waals surface area (Å²) in [5.41, 5.74) is 0. The third-order valence-electron chi connectivity index (χ3n) is 4.74. The molecule has 0 aromatic heterocycles. The summed E-state index contributed by atoms with van der Waals surface area (Å²) in [7, 11) is 2.13. The zero-order chi connectivity index (χ0) is 14.2. The summed E-state index contributed by atoms with van der Waals surface area (Å²) in [4.78, 5) is 16.9. The van der Waals surface area contributed by atoms with Crippen molar-refractivity contribution < 1.29 is 4.79 Å². The van der Waals surface area contributed by atoms with Gasteiger partial charge in [0.05, 0.1) is 0 Å². The third kappa shape index (κ3) is 5.41. The maximum Gasteiger partial charge on any atom is 0.223 e. The van der Waals surface area contributed by atoms with Crippen LogP contribution in [0.15, 0.2) is 0 Å². The molecule has 20 heavy (non-hydrogen) atoms. The van der Waals surface area contributed by atoms with Gasteiger partial charge < -0.3 is 15.1 Å². The minimum Gasteiger partial charge on any atom is -0.356 e. The molecule has 2 saturated heterocycles. The second-order valence-corrected chi connectivity index (χ2v) is 6.48. The highest BCUT2D eigenvalue weighted by molar-refractivity contribution is 5.78. The number of carbonyl (C=O) groups excluding carboxylic acids is 1. The van der Waals surface area contributed by atoms with Gasteiger partial charge in [0.25, 0.3) is 0 Å². The molecule has 1 amide bonds. The molecule has 2 rings (SSSR count). The topological polar surface area (TPSA) is 35.6 Å². The van der Waals surface area contributed by atoms with E-state index in [0.717, 1.165) is 45.4 Å². The molecule has 0 bridgehead atoms. The van der Waals surface area contributed by atoms with Crippen LogP contribution in [0.2, 0.25) is 0 Å². The first-order valence-electron chi connectivity index (χ1n) is 8.44. The van der Waals surface area contributed by atoms with Gasteiger partial charge in [0.2, 0.25) is 5.91 Å². The van der Waals surface area contributed by atoms with Crippen molar-refractivity contribution in [3.8, 4) is 0 Å². The molecular formula is C16H31N3O. The van der Waals surface area contributed by atoms with Crippen LogP contribution in [0.1, 0.15) is 44.9 Å². The van der Waals surface area contributed by atoms with Crippen molar-refractivity contribution in [3.05, 3.63) is 0 Å². The van der Waals surface area contributed by atoms with Crippen molar-refractivity contribution in [3.63, 3.8) is 0 Å². The van der Waals surface area contributed by atoms with E-state index in [9.17, 15) is 4.79 Å². The van der Waals surface area contributed by atoms with Gasteiger partial charge in [-0.1, -0.05) is 12.8 Å². The second-order valence-electron chi connectivity index (χ2n) is 6.48. The Morgan fingerprint density at radius 3 is 2.35 bits per heavy atom. The molecule has 0 aromatic rings. The van der Waals surface area contributed by atoms with Gasteiger partial charge in [-0.3, -0.25) is 4.79 Å². The Balaban J connectivity index is 1.54. The maximum atomic E-state index is 12.1. The van der Waals surface area contributed by atoms with Crippen molar-refractivity contribution >= 4 is 5.91 Å². The van der Waals surface area contributed by atoms with Crippen LogP contribution in [0.4, 0.5) is 0 Å². The highest BCUT2D eigenvalue weighted by Gasteiger charge is 2.22. The van der Waals surface area contributed by atoms with Gasteiger partial charge >= 0.3 is 0 Å². The zero-order valence-electron chi connectivity index (χ0n) is 13.1. The summed E-state index contributed by atoms with van der Waals surface area (Å²) in [6.07, 6.45) is 8.62. The van der Waals surface area contributed by atoms with Gasteiger partial charge in [-0.2, -0.15) is 0 Å². The lowest BCUT2D eigenvalue weighted by Crippen LogP contribution is -2.39. The highest BCUT2D eigenvalue weighted by atomic mass is 16.1. The Kier molecular flexibility index (Phi) is 6.80. The van der Waals surface area contributed by atoms with Gasteiger partial charge in [-0.05, 0) is 71.9 Å². The Bertz CT molecular complexity index is 279. The Labute approximate surface area is 123 Å². The van der Waals surface area contributed by atoms with Crippen LogP contribution < -0.4 is 5.32 Å². The van der Waals surface area contributed by atoms with Crippen molar-refractivity contribution in [2.24, 2.45) is 5.92 Å². The summed E-state index contributed by atoms with van der Waals surface area (Å²) in [5.74, 6) is 0.540. The molecule has 0 aliphatic carbocycles. The molecule has 2 aliphatic rings. The van der Waals surface area contributed by atoms with E-state index in [-0.39, 0.29) is 11.8 Å². The second kappa shape index (κ2) is 8.63. The number of piperidine rings is 1. The third-order valence-corrected chi connectivity index (χ3v) is 4.74. The summed E-state index contributed by atoms with van der Waals surface area (Å²) in [6.45, 7) is 6.62. The molecule has 2 fully saturated rings. The first-order valence-corrected chi connectivity index (χ1v) is 8.44. The molecule has 1 N–H and O–H groups in total. The van der Waals surface area contributed by atoms with Crippen molar-refractivity contribution in [1.82, 2.24) is 15.1 Å². The largest absolute Gasteiger partial charge is 0.356 e. The molecule has 0 atom stereocenters. The van der Waals surface area contributed by atoms with E-state index in [1.807, 2.05) is 0 Å². The Morgan fingerprint density at radius 2 is 1.70 bits per heavy atom. The lowest BCUT2D eigenvalue weighted by atomic mass is 9.96. The van der Waals surface area contributed by atoms with E-state index in [0.29, 0.717) is 0 Å². The SMILES string of the molecule is CN1CCC(C(=O)NCCCN2CCCCCC2)CC1. The fraction of sp³-hybridized carbons (Fsp3) is 0.938. The molecule has 0 aromatic carbocycles. The summed E-state index contributed by atoms with van der Waals surface area (Å²) < 4.78 is 0. The number of hydrogen-bond donors (Lipinski definition) is 1. The van der Waals surface area contributed by atoms with Crippen LogP contribution in [-0.4, -0.2) is 62.0 Å². The van der Waals surface area contributed by atoms with Crippen molar-refractivity contribution in [2.75, 3.05) is 46.3 Å². The zero-order valence-corrected chi connectivity index (χ0v) is 13.1. The van der Waals surface area contributed by atoms with Gasteiger partial charge in [-0.25, -0.2) is 0 Å². The fourth-order valence-corrected chi connectivity index (χ4v) is 3.29. The first kappa shape index (κ1) is 15.8. The Morgan fingerprint density at radius 1 is 1.05 bits per heavy atom. The van der Waals surface area contributed by atoms with Crippen LogP contribution in [0.5, 0.6) is 0 Å². The molecule has 0 unspecified atom stereocenters. The molecule has 4 nitrogen and oxygen atoms in total. The number of nitrogens with zero attached hydrogens (tertiary/aromatic N) is 2. The number of hydrogen-bond acceptors (Lipinski definition) is 3. The molecule has 2 heterocycles. The van der Waals surface area contributed by atoms with E-state index in [4.69, 9.17) is 0 Å². The number of rotatable bonds is 5. The highest BCUT2D eigenvalue weighted by Crippen LogP contribution is 2.15. The molecule has 0 saturated carbocycles. The first-order chi connectivity index (χ1) is 9.75. The lowest BCUT2D eigenvalue weighted by Gasteiger charge is -2.28. The molecule has 4 heteroatoms. The van der Waals surface area contributed by atoms with Crippen LogP contribution in [-0.2, 0) is 4.79 Å². The van der Waals surface area contributed by atoms with Gasteiger partial charge in [0.1, 0.15) is 0 Å². The minimum atomic E-state index is 0.254. The number of carbonyl (C=O) groups is 1. The quantitative estimate of drug-likeness (QED) is 0.779. The Hall–Kier alpha value is -0.610. The number of amides is 1. The van der Waals surface area contributed by atoms with Crippen LogP contribution >= 0.6 is 0 Å². The maximum absolute atomic E-state index is 12.1. The summed E-state index contributed by atoms with van der Waals surface area (Å²) in [5, 5.41) is 3.14. The van der Waals surface area contributed by atoms with E-state index >= 15 is 0 Å². The normalized spacial score (nSPS) is 23.4. The van der Waals surface area contributed by atoms with Gasteiger partial charge in [-0.15, -0.1) is 0 Å². The smallest absolute Gasteiger partial charge is 0.223 e. The molecule has 116 valence electrons. The average Bonchev–Trinajstić information content (AvgIpc) is 2.73. The van der Waals surface area contributed by atoms with Crippen LogP contribution in [0, 0.1) is 5.92 Å². The molecular weight excluding hydrogens is 250 g/mol. The standard InChI is InChI=1S/C16H31N3O/c1-18-13-7-15(8-14-18)16(20)17-9-6-12-19-10-4-2-3-5-11-19/h15H,2-14H2,1H3,(H,17,20). The number of nitrogens with one attached hydrogen (secondary N) is 1. The summed E-state index contributed by atoms with van der Waals surface area (Å²) in [6, 6.07) is 0. The van der Waals surface area contributed by atoms with Crippen molar-refractivity contribution in [1.29, 1.82) is 0 Å². The van der Waals surface area contributed by atoms with Crippen molar-refractivity contribution in [2.45, 2.75) is 44.9 Å². The fourth-order valence-electron chi connectivity index (χ4n) is 3.29. The van der Waals surface area contributed by atoms with Crippen LogP contribution in [0.25, 0.3) is 0 Å². The van der Waals surface area contributed by atoms with E-state index < -0.39 is 0 Å². The van der Waals surface area contributed by atoms with Crippen LogP contribution in [0.3, 0.4) is 0 Å². The molecule has 2 aliphatic heterocycles. The van der Waals surface area contributed by atoms with Gasteiger partial charge in [0, 0.05) is 12.5 Å². The summed E-state index contributed by atoms with van der Waals surface area (Å²) >= 11 is 0. The van der Waals surface area contributed by atoms with E-state index in [1.165, 1.54) is 38.8 Å². The lowest BCUT2D eigenvalue weighted by molar-refractivity contribution is -0.126. The number of likely N-dealkylation sites (tertiary alicyclic amines) is 2. The predicted octanol–water partition coefficient (Wildman–Crippen LogP) is 1.71. The van der Waals surface area contributed by atoms with Gasteiger partial charge in [0.15, 0.2) is 0 Å². The predicted molar refractivity (Wildman–Crippen MR) is 82.8 cm³/mol. The molecule has 0 radical (unpaired) electrons. The monoisotopic (exact) mass is 281 g/mol. The average molecular weight is 281 g/mol. The minimum absolute atomic E-state index is 0.254. The van der Waals surface area contributed by atoms with E-state index in [2.05, 4.69) is 22.2 Å². The van der Waals surface area contributed by atoms with E-state index in [1.54, 1.807) is 0 Å². The molecule has 0 spiro atoms.